The van der Waals surface area contributed by atoms with E-state index in [9.17, 15) is 4.79 Å². The maximum atomic E-state index is 12.0. The zero-order valence-corrected chi connectivity index (χ0v) is 12.3. The largest absolute Gasteiger partial charge is 0.380 e. The molecule has 2 unspecified atom stereocenters. The molecular weight excluding hydrogens is 248 g/mol. The average Bonchev–Trinajstić information content (AvgIpc) is 2.88. The number of anilines is 2. The molecule has 2 aliphatic rings. The van der Waals surface area contributed by atoms with Crippen LogP contribution in [-0.4, -0.2) is 18.5 Å². The summed E-state index contributed by atoms with van der Waals surface area (Å²) >= 11 is 0. The van der Waals surface area contributed by atoms with Crippen LogP contribution in [0.4, 0.5) is 11.4 Å². The second kappa shape index (κ2) is 5.86. The maximum Gasteiger partial charge on any atom is 0.227 e. The van der Waals surface area contributed by atoms with Crippen molar-refractivity contribution >= 4 is 17.3 Å². The van der Waals surface area contributed by atoms with Crippen molar-refractivity contribution in [2.75, 3.05) is 16.8 Å². The summed E-state index contributed by atoms with van der Waals surface area (Å²) in [6.07, 6.45) is 6.88. The van der Waals surface area contributed by atoms with Gasteiger partial charge >= 0.3 is 0 Å². The Hall–Kier alpha value is -1.51. The van der Waals surface area contributed by atoms with Gasteiger partial charge in [-0.2, -0.15) is 0 Å². The van der Waals surface area contributed by atoms with E-state index in [0.717, 1.165) is 24.3 Å². The van der Waals surface area contributed by atoms with Crippen molar-refractivity contribution in [2.24, 2.45) is 5.92 Å². The van der Waals surface area contributed by atoms with E-state index in [4.69, 9.17) is 0 Å². The molecule has 3 heteroatoms. The van der Waals surface area contributed by atoms with Crippen LogP contribution in [0, 0.1) is 5.92 Å². The Labute approximate surface area is 121 Å². The van der Waals surface area contributed by atoms with Crippen LogP contribution in [0.15, 0.2) is 24.3 Å². The molecule has 0 radical (unpaired) electrons. The first kappa shape index (κ1) is 13.5. The topological polar surface area (TPSA) is 32.3 Å². The van der Waals surface area contributed by atoms with E-state index >= 15 is 0 Å². The monoisotopic (exact) mass is 272 g/mol. The number of carbonyl (C=O) groups is 1. The van der Waals surface area contributed by atoms with Crippen molar-refractivity contribution in [3.05, 3.63) is 24.3 Å². The molecule has 1 aliphatic heterocycles. The average molecular weight is 272 g/mol. The van der Waals surface area contributed by atoms with E-state index in [-0.39, 0.29) is 5.91 Å². The first-order valence-corrected chi connectivity index (χ1v) is 7.91. The van der Waals surface area contributed by atoms with Gasteiger partial charge in [-0.05, 0) is 37.3 Å². The number of nitrogens with zero attached hydrogens (tertiary/aromatic N) is 1. The van der Waals surface area contributed by atoms with Gasteiger partial charge in [0.05, 0.1) is 11.4 Å². The molecule has 20 heavy (non-hydrogen) atoms. The molecule has 1 aromatic carbocycles. The minimum atomic E-state index is 0.260. The Morgan fingerprint density at radius 2 is 1.95 bits per heavy atom. The lowest BCUT2D eigenvalue weighted by molar-refractivity contribution is -0.117. The van der Waals surface area contributed by atoms with Crippen LogP contribution >= 0.6 is 0 Å². The molecule has 0 spiro atoms. The summed E-state index contributed by atoms with van der Waals surface area (Å²) in [6.45, 7) is 3.19. The third-order valence-electron chi connectivity index (χ3n) is 4.72. The molecule has 2 atom stereocenters. The summed E-state index contributed by atoms with van der Waals surface area (Å²) < 4.78 is 0. The van der Waals surface area contributed by atoms with E-state index in [0.29, 0.717) is 18.4 Å². The normalized spacial score (nSPS) is 26.9. The first-order chi connectivity index (χ1) is 9.75. The third kappa shape index (κ3) is 2.67. The van der Waals surface area contributed by atoms with Gasteiger partial charge in [-0.25, -0.2) is 0 Å². The maximum absolute atomic E-state index is 12.0. The van der Waals surface area contributed by atoms with Crippen LogP contribution in [-0.2, 0) is 4.79 Å². The molecule has 108 valence electrons. The fourth-order valence-electron chi connectivity index (χ4n) is 3.46. The zero-order chi connectivity index (χ0) is 13.9. The molecule has 0 aromatic heterocycles. The van der Waals surface area contributed by atoms with Crippen LogP contribution in [0.2, 0.25) is 0 Å². The highest BCUT2D eigenvalue weighted by molar-refractivity contribution is 5.98. The van der Waals surface area contributed by atoms with Crippen molar-refractivity contribution < 1.29 is 4.79 Å². The van der Waals surface area contributed by atoms with Gasteiger partial charge in [-0.15, -0.1) is 0 Å². The minimum absolute atomic E-state index is 0.260. The van der Waals surface area contributed by atoms with Gasteiger partial charge in [0.2, 0.25) is 5.91 Å². The quantitative estimate of drug-likeness (QED) is 0.907. The van der Waals surface area contributed by atoms with Crippen molar-refractivity contribution in [1.82, 2.24) is 0 Å². The highest BCUT2D eigenvalue weighted by Gasteiger charge is 2.26. The number of nitrogens with one attached hydrogen (secondary N) is 1. The number of hydrogen-bond donors (Lipinski definition) is 1. The highest BCUT2D eigenvalue weighted by atomic mass is 16.2. The Balaban J connectivity index is 1.80. The summed E-state index contributed by atoms with van der Waals surface area (Å²) in [4.78, 5) is 13.9. The minimum Gasteiger partial charge on any atom is -0.380 e. The predicted molar refractivity (Wildman–Crippen MR) is 83.1 cm³/mol. The molecule has 1 aliphatic carbocycles. The van der Waals surface area contributed by atoms with Gasteiger partial charge in [-0.3, -0.25) is 4.79 Å². The van der Waals surface area contributed by atoms with Crippen LogP contribution < -0.4 is 10.2 Å². The zero-order valence-electron chi connectivity index (χ0n) is 12.3. The molecule has 2 fully saturated rings. The SMILES string of the molecule is CC1CCCCC1Nc1ccccc1N1CCCC1=O. The lowest BCUT2D eigenvalue weighted by Crippen LogP contribution is -2.32. The fourth-order valence-corrected chi connectivity index (χ4v) is 3.46. The van der Waals surface area contributed by atoms with Crippen molar-refractivity contribution in [1.29, 1.82) is 0 Å². The third-order valence-corrected chi connectivity index (χ3v) is 4.72. The molecule has 1 saturated carbocycles. The number of rotatable bonds is 3. The molecule has 1 amide bonds. The van der Waals surface area contributed by atoms with Gasteiger partial charge in [0.15, 0.2) is 0 Å². The molecule has 1 saturated heterocycles. The van der Waals surface area contributed by atoms with Crippen molar-refractivity contribution in [3.63, 3.8) is 0 Å². The Kier molecular flexibility index (Phi) is 3.95. The number of benzene rings is 1. The number of hydrogen-bond acceptors (Lipinski definition) is 2. The van der Waals surface area contributed by atoms with Crippen molar-refractivity contribution in [3.8, 4) is 0 Å². The van der Waals surface area contributed by atoms with E-state index in [1.807, 2.05) is 11.0 Å². The van der Waals surface area contributed by atoms with Crippen molar-refractivity contribution in [2.45, 2.75) is 51.5 Å². The molecule has 3 rings (SSSR count). The summed E-state index contributed by atoms with van der Waals surface area (Å²) in [7, 11) is 0. The Morgan fingerprint density at radius 3 is 2.70 bits per heavy atom. The lowest BCUT2D eigenvalue weighted by atomic mass is 9.86. The fraction of sp³-hybridized carbons (Fsp3) is 0.588. The summed E-state index contributed by atoms with van der Waals surface area (Å²) in [5, 5.41) is 3.70. The molecule has 3 nitrogen and oxygen atoms in total. The van der Waals surface area contributed by atoms with Gasteiger partial charge < -0.3 is 10.2 Å². The summed E-state index contributed by atoms with van der Waals surface area (Å²) in [5.74, 6) is 0.974. The van der Waals surface area contributed by atoms with Crippen LogP contribution in [0.1, 0.15) is 45.4 Å². The number of para-hydroxylation sites is 2. The summed E-state index contributed by atoms with van der Waals surface area (Å²) in [6, 6.07) is 8.81. The number of amides is 1. The van der Waals surface area contributed by atoms with Gasteiger partial charge in [-0.1, -0.05) is 31.9 Å². The highest BCUT2D eigenvalue weighted by Crippen LogP contribution is 2.33. The molecule has 1 aromatic rings. The van der Waals surface area contributed by atoms with Gasteiger partial charge in [0.25, 0.3) is 0 Å². The molecule has 1 N–H and O–H groups in total. The second-order valence-corrected chi connectivity index (χ2v) is 6.18. The van der Waals surface area contributed by atoms with Gasteiger partial charge in [0, 0.05) is 19.0 Å². The Morgan fingerprint density at radius 1 is 1.15 bits per heavy atom. The van der Waals surface area contributed by atoms with Gasteiger partial charge in [0.1, 0.15) is 0 Å². The Bertz CT molecular complexity index is 486. The number of carbonyl (C=O) groups excluding carboxylic acids is 1. The van der Waals surface area contributed by atoms with E-state index in [2.05, 4.69) is 30.4 Å². The first-order valence-electron chi connectivity index (χ1n) is 7.91. The van der Waals surface area contributed by atoms with E-state index in [1.165, 1.54) is 25.7 Å². The predicted octanol–water partition coefficient (Wildman–Crippen LogP) is 3.80. The standard InChI is InChI=1S/C17H24N2O/c1-13-7-2-3-8-14(13)18-15-9-4-5-10-16(15)19-12-6-11-17(19)20/h4-5,9-10,13-14,18H,2-3,6-8,11-12H2,1H3. The second-order valence-electron chi connectivity index (χ2n) is 6.18. The molecule has 0 bridgehead atoms. The smallest absolute Gasteiger partial charge is 0.227 e. The lowest BCUT2D eigenvalue weighted by Gasteiger charge is -2.32. The van der Waals surface area contributed by atoms with Crippen LogP contribution in [0.25, 0.3) is 0 Å². The van der Waals surface area contributed by atoms with Crippen LogP contribution in [0.5, 0.6) is 0 Å². The molecular formula is C17H24N2O. The van der Waals surface area contributed by atoms with E-state index < -0.39 is 0 Å². The summed E-state index contributed by atoms with van der Waals surface area (Å²) in [5.41, 5.74) is 2.19. The van der Waals surface area contributed by atoms with Crippen LogP contribution in [0.3, 0.4) is 0 Å². The van der Waals surface area contributed by atoms with E-state index in [1.54, 1.807) is 0 Å². The molecule has 1 heterocycles.